The zero-order valence-electron chi connectivity index (χ0n) is 8.98. The summed E-state index contributed by atoms with van der Waals surface area (Å²) in [6.07, 6.45) is 0. The Morgan fingerprint density at radius 1 is 1.31 bits per heavy atom. The second-order valence-electron chi connectivity index (χ2n) is 3.30. The van der Waals surface area contributed by atoms with E-state index in [1.165, 1.54) is 0 Å². The van der Waals surface area contributed by atoms with Gasteiger partial charge in [-0.05, 0) is 31.2 Å². The average molecular weight is 239 g/mol. The Hall–Kier alpha value is -1.55. The third-order valence-corrected chi connectivity index (χ3v) is 2.32. The summed E-state index contributed by atoms with van der Waals surface area (Å²) in [5.74, 6) is 1.75. The van der Waals surface area contributed by atoms with Gasteiger partial charge in [0.25, 0.3) is 0 Å². The first-order chi connectivity index (χ1) is 7.70. The van der Waals surface area contributed by atoms with E-state index in [1.807, 2.05) is 24.3 Å². The van der Waals surface area contributed by atoms with Gasteiger partial charge in [0, 0.05) is 5.56 Å². The second-order valence-corrected chi connectivity index (χ2v) is 3.96. The number of hydrogen-bond acceptors (Lipinski definition) is 4. The Morgan fingerprint density at radius 3 is 2.50 bits per heavy atom. The third kappa shape index (κ3) is 2.17. The van der Waals surface area contributed by atoms with Gasteiger partial charge in [0.05, 0.1) is 7.11 Å². The fourth-order valence-electron chi connectivity index (χ4n) is 1.25. The van der Waals surface area contributed by atoms with Gasteiger partial charge in [0.1, 0.15) is 11.1 Å². The summed E-state index contributed by atoms with van der Waals surface area (Å²) in [7, 11) is 1.62. The van der Waals surface area contributed by atoms with E-state index in [1.54, 1.807) is 14.0 Å². The molecule has 1 aromatic carbocycles. The van der Waals surface area contributed by atoms with Crippen LogP contribution in [-0.4, -0.2) is 17.3 Å². The van der Waals surface area contributed by atoms with Crippen LogP contribution in [0.5, 0.6) is 5.75 Å². The molecule has 0 aliphatic rings. The van der Waals surface area contributed by atoms with Gasteiger partial charge in [-0.25, -0.2) is 0 Å². The standard InChI is InChI=1S/C11H11ClN2O2/c1-7(12)11-13-10(14-16-11)8-3-5-9(15-2)6-4-8/h3-7H,1-2H3. The molecule has 5 heteroatoms. The number of benzene rings is 1. The Morgan fingerprint density at radius 2 is 2.00 bits per heavy atom. The molecule has 1 unspecified atom stereocenters. The Balaban J connectivity index is 2.28. The minimum Gasteiger partial charge on any atom is -0.497 e. The van der Waals surface area contributed by atoms with Gasteiger partial charge in [0.15, 0.2) is 0 Å². The zero-order valence-corrected chi connectivity index (χ0v) is 9.73. The van der Waals surface area contributed by atoms with Crippen molar-refractivity contribution in [3.05, 3.63) is 30.2 Å². The van der Waals surface area contributed by atoms with Crippen LogP contribution in [-0.2, 0) is 0 Å². The third-order valence-electron chi connectivity index (χ3n) is 2.13. The number of aromatic nitrogens is 2. The lowest BCUT2D eigenvalue weighted by Gasteiger charge is -1.98. The Kier molecular flexibility index (Phi) is 3.10. The highest BCUT2D eigenvalue weighted by Crippen LogP contribution is 2.23. The van der Waals surface area contributed by atoms with Crippen LogP contribution in [0.25, 0.3) is 11.4 Å². The van der Waals surface area contributed by atoms with Crippen molar-refractivity contribution in [2.75, 3.05) is 7.11 Å². The van der Waals surface area contributed by atoms with Gasteiger partial charge in [-0.2, -0.15) is 4.98 Å². The molecule has 0 aliphatic carbocycles. The van der Waals surface area contributed by atoms with Crippen LogP contribution in [0.3, 0.4) is 0 Å². The van der Waals surface area contributed by atoms with E-state index < -0.39 is 0 Å². The van der Waals surface area contributed by atoms with E-state index in [0.29, 0.717) is 11.7 Å². The number of nitrogens with zero attached hydrogens (tertiary/aromatic N) is 2. The summed E-state index contributed by atoms with van der Waals surface area (Å²) in [5, 5.41) is 3.57. The highest BCUT2D eigenvalue weighted by atomic mass is 35.5. The maximum atomic E-state index is 5.84. The topological polar surface area (TPSA) is 48.2 Å². The molecule has 0 N–H and O–H groups in total. The lowest BCUT2D eigenvalue weighted by molar-refractivity contribution is 0.379. The van der Waals surface area contributed by atoms with E-state index in [9.17, 15) is 0 Å². The first kappa shape index (κ1) is 11.0. The number of ether oxygens (including phenoxy) is 1. The molecule has 2 aromatic rings. The summed E-state index contributed by atoms with van der Waals surface area (Å²) in [6, 6.07) is 7.42. The molecule has 1 aromatic heterocycles. The molecule has 0 radical (unpaired) electrons. The maximum absolute atomic E-state index is 5.84. The Bertz CT molecular complexity index is 465. The molecular formula is C11H11ClN2O2. The number of alkyl halides is 1. The molecule has 0 bridgehead atoms. The van der Waals surface area contributed by atoms with Crippen molar-refractivity contribution in [1.29, 1.82) is 0 Å². The fraction of sp³-hybridized carbons (Fsp3) is 0.273. The quantitative estimate of drug-likeness (QED) is 0.771. The van der Waals surface area contributed by atoms with Crippen molar-refractivity contribution < 1.29 is 9.26 Å². The number of methoxy groups -OCH3 is 1. The molecule has 0 saturated carbocycles. The van der Waals surface area contributed by atoms with Crippen LogP contribution in [0.2, 0.25) is 0 Å². The first-order valence-corrected chi connectivity index (χ1v) is 5.26. The molecule has 0 saturated heterocycles. The maximum Gasteiger partial charge on any atom is 0.244 e. The van der Waals surface area contributed by atoms with Gasteiger partial charge in [-0.15, -0.1) is 11.6 Å². The summed E-state index contributed by atoms with van der Waals surface area (Å²) in [5.41, 5.74) is 0.869. The van der Waals surface area contributed by atoms with Gasteiger partial charge in [-0.3, -0.25) is 0 Å². The molecule has 0 amide bonds. The van der Waals surface area contributed by atoms with Crippen molar-refractivity contribution in [3.63, 3.8) is 0 Å². The molecule has 1 heterocycles. The smallest absolute Gasteiger partial charge is 0.244 e. The summed E-state index contributed by atoms with van der Waals surface area (Å²) >= 11 is 5.84. The summed E-state index contributed by atoms with van der Waals surface area (Å²) < 4.78 is 10.1. The molecular weight excluding hydrogens is 228 g/mol. The van der Waals surface area contributed by atoms with Crippen molar-refractivity contribution in [3.8, 4) is 17.1 Å². The molecule has 0 aliphatic heterocycles. The van der Waals surface area contributed by atoms with Gasteiger partial charge in [-0.1, -0.05) is 5.16 Å². The largest absolute Gasteiger partial charge is 0.497 e. The van der Waals surface area contributed by atoms with Crippen molar-refractivity contribution in [2.45, 2.75) is 12.3 Å². The van der Waals surface area contributed by atoms with Crippen LogP contribution >= 0.6 is 11.6 Å². The number of rotatable bonds is 3. The SMILES string of the molecule is COc1ccc(-c2noc(C(C)Cl)n2)cc1. The van der Waals surface area contributed by atoms with E-state index in [-0.39, 0.29) is 5.38 Å². The van der Waals surface area contributed by atoms with Crippen molar-refractivity contribution in [2.24, 2.45) is 0 Å². The van der Waals surface area contributed by atoms with E-state index in [0.717, 1.165) is 11.3 Å². The van der Waals surface area contributed by atoms with Crippen molar-refractivity contribution >= 4 is 11.6 Å². The monoisotopic (exact) mass is 238 g/mol. The minimum atomic E-state index is -0.278. The molecule has 0 fully saturated rings. The summed E-state index contributed by atoms with van der Waals surface area (Å²) in [4.78, 5) is 4.18. The number of halogens is 1. The Labute approximate surface area is 98.2 Å². The predicted octanol–water partition coefficient (Wildman–Crippen LogP) is 3.05. The van der Waals surface area contributed by atoms with E-state index in [4.69, 9.17) is 20.9 Å². The second kappa shape index (κ2) is 4.53. The van der Waals surface area contributed by atoms with Gasteiger partial charge >= 0.3 is 0 Å². The van der Waals surface area contributed by atoms with E-state index in [2.05, 4.69) is 10.1 Å². The first-order valence-electron chi connectivity index (χ1n) is 4.83. The van der Waals surface area contributed by atoms with Crippen LogP contribution in [0.4, 0.5) is 0 Å². The minimum absolute atomic E-state index is 0.278. The molecule has 0 spiro atoms. The highest BCUT2D eigenvalue weighted by molar-refractivity contribution is 6.20. The molecule has 84 valence electrons. The molecule has 16 heavy (non-hydrogen) atoms. The van der Waals surface area contributed by atoms with Crippen LogP contribution in [0.1, 0.15) is 18.2 Å². The lowest BCUT2D eigenvalue weighted by Crippen LogP contribution is -1.85. The zero-order chi connectivity index (χ0) is 11.5. The predicted molar refractivity (Wildman–Crippen MR) is 60.6 cm³/mol. The van der Waals surface area contributed by atoms with Gasteiger partial charge in [0.2, 0.25) is 11.7 Å². The molecule has 2 rings (SSSR count). The fourth-order valence-corrected chi connectivity index (χ4v) is 1.34. The van der Waals surface area contributed by atoms with Crippen LogP contribution in [0, 0.1) is 0 Å². The van der Waals surface area contributed by atoms with Crippen LogP contribution < -0.4 is 4.74 Å². The number of hydrogen-bond donors (Lipinski definition) is 0. The molecule has 4 nitrogen and oxygen atoms in total. The summed E-state index contributed by atoms with van der Waals surface area (Å²) in [6.45, 7) is 1.78. The van der Waals surface area contributed by atoms with Crippen molar-refractivity contribution in [1.82, 2.24) is 10.1 Å². The highest BCUT2D eigenvalue weighted by Gasteiger charge is 2.12. The lowest BCUT2D eigenvalue weighted by atomic mass is 10.2. The van der Waals surface area contributed by atoms with E-state index >= 15 is 0 Å². The average Bonchev–Trinajstić information content (AvgIpc) is 2.78. The van der Waals surface area contributed by atoms with Crippen LogP contribution in [0.15, 0.2) is 28.8 Å². The van der Waals surface area contributed by atoms with Gasteiger partial charge < -0.3 is 9.26 Å². The normalized spacial score (nSPS) is 12.4. The molecule has 1 atom stereocenters.